The fraction of sp³-hybridized carbons (Fsp3) is 0.667. The minimum Gasteiger partial charge on any atom is -0.339 e. The molecule has 0 atom stereocenters. The van der Waals surface area contributed by atoms with E-state index in [2.05, 4.69) is 29.4 Å². The number of hydrogen-bond donors (Lipinski definition) is 0. The summed E-state index contributed by atoms with van der Waals surface area (Å²) in [5, 5.41) is 0. The minimum atomic E-state index is 0.673. The maximum absolute atomic E-state index is 4.91. The third-order valence-corrected chi connectivity index (χ3v) is 6.55. The summed E-state index contributed by atoms with van der Waals surface area (Å²) >= 11 is 0. The molecule has 156 valence electrons. The van der Waals surface area contributed by atoms with E-state index in [0.717, 1.165) is 96.4 Å². The Morgan fingerprint density at radius 3 is 1.07 bits per heavy atom. The lowest BCUT2D eigenvalue weighted by Crippen LogP contribution is -2.36. The van der Waals surface area contributed by atoms with Gasteiger partial charge in [-0.05, 0) is 0 Å². The maximum Gasteiger partial charge on any atom is 0.238 e. The van der Waals surface area contributed by atoms with E-state index in [9.17, 15) is 0 Å². The van der Waals surface area contributed by atoms with Gasteiger partial charge in [-0.2, -0.15) is 15.0 Å². The SMILES string of the molecule is C1CN2CCN(c3nc(N4CCN5CCN=C54)nc(N4CCN5CCN=C54)n3)C2=N1. The number of rotatable bonds is 3. The second-order valence-corrected chi connectivity index (χ2v) is 8.20. The van der Waals surface area contributed by atoms with E-state index in [1.807, 2.05) is 0 Å². The van der Waals surface area contributed by atoms with Crippen LogP contribution in [0.5, 0.6) is 0 Å². The zero-order chi connectivity index (χ0) is 19.7. The van der Waals surface area contributed by atoms with E-state index < -0.39 is 0 Å². The number of guanidine groups is 3. The zero-order valence-electron chi connectivity index (χ0n) is 16.9. The molecule has 7 heterocycles. The molecule has 0 spiro atoms. The lowest BCUT2D eigenvalue weighted by molar-refractivity contribution is 0.503. The molecule has 0 aliphatic carbocycles. The van der Waals surface area contributed by atoms with Gasteiger partial charge in [0.15, 0.2) is 0 Å². The largest absolute Gasteiger partial charge is 0.339 e. The first-order chi connectivity index (χ1) is 14.8. The van der Waals surface area contributed by atoms with Crippen LogP contribution in [0.15, 0.2) is 15.0 Å². The van der Waals surface area contributed by atoms with Crippen molar-refractivity contribution in [3.8, 4) is 0 Å². The molecule has 30 heavy (non-hydrogen) atoms. The highest BCUT2D eigenvalue weighted by Crippen LogP contribution is 2.28. The fourth-order valence-electron chi connectivity index (χ4n) is 5.05. The predicted molar refractivity (Wildman–Crippen MR) is 113 cm³/mol. The van der Waals surface area contributed by atoms with E-state index in [4.69, 9.17) is 29.9 Å². The van der Waals surface area contributed by atoms with Gasteiger partial charge in [-0.1, -0.05) is 0 Å². The van der Waals surface area contributed by atoms with Crippen LogP contribution in [0.4, 0.5) is 17.8 Å². The van der Waals surface area contributed by atoms with Gasteiger partial charge in [0.2, 0.25) is 35.7 Å². The third kappa shape index (κ3) is 2.33. The van der Waals surface area contributed by atoms with Gasteiger partial charge in [0.25, 0.3) is 0 Å². The van der Waals surface area contributed by atoms with Gasteiger partial charge >= 0.3 is 0 Å². The highest BCUT2D eigenvalue weighted by Gasteiger charge is 2.38. The van der Waals surface area contributed by atoms with E-state index in [-0.39, 0.29) is 0 Å². The smallest absolute Gasteiger partial charge is 0.238 e. The summed E-state index contributed by atoms with van der Waals surface area (Å²) in [5.41, 5.74) is 0. The molecule has 3 saturated heterocycles. The quantitative estimate of drug-likeness (QED) is 0.583. The predicted octanol–water partition coefficient (Wildman–Crippen LogP) is -1.65. The van der Waals surface area contributed by atoms with Gasteiger partial charge < -0.3 is 14.7 Å². The van der Waals surface area contributed by atoms with Gasteiger partial charge in [-0.25, -0.2) is 0 Å². The summed E-state index contributed by atoms with van der Waals surface area (Å²) in [6.07, 6.45) is 0. The first-order valence-electron chi connectivity index (χ1n) is 10.8. The van der Waals surface area contributed by atoms with Crippen molar-refractivity contribution < 1.29 is 0 Å². The molecule has 12 nitrogen and oxygen atoms in total. The van der Waals surface area contributed by atoms with Crippen LogP contribution in [0.25, 0.3) is 0 Å². The zero-order valence-corrected chi connectivity index (χ0v) is 16.9. The number of aliphatic imine (C=N–C) groups is 3. The first-order valence-corrected chi connectivity index (χ1v) is 10.8. The average molecular weight is 408 g/mol. The van der Waals surface area contributed by atoms with Gasteiger partial charge in [0.1, 0.15) is 0 Å². The second-order valence-electron chi connectivity index (χ2n) is 8.20. The van der Waals surface area contributed by atoms with Gasteiger partial charge in [0.05, 0.1) is 19.6 Å². The summed E-state index contributed by atoms with van der Waals surface area (Å²) in [6.45, 7) is 10.9. The second kappa shape index (κ2) is 6.16. The van der Waals surface area contributed by atoms with Crippen LogP contribution in [-0.4, -0.2) is 126 Å². The standard InChI is InChI=1S/C18H24N12/c1-4-25-7-10-28(16(25)19-1)13-22-14(29-11-8-26-5-2-20-17(26)29)24-15(23-13)30-12-9-27-6-3-21-18(27)30/h1-12H2. The molecule has 1 aromatic heterocycles. The molecule has 0 aromatic carbocycles. The normalized spacial score (nSPS) is 24.6. The summed E-state index contributed by atoms with van der Waals surface area (Å²) in [6, 6.07) is 0. The number of anilines is 3. The number of aromatic nitrogens is 3. The van der Waals surface area contributed by atoms with E-state index >= 15 is 0 Å². The van der Waals surface area contributed by atoms with Crippen LogP contribution in [0.2, 0.25) is 0 Å². The Hall–Kier alpha value is -3.18. The summed E-state index contributed by atoms with van der Waals surface area (Å²) in [5.74, 6) is 4.98. The topological polar surface area (TPSA) is 95.2 Å². The van der Waals surface area contributed by atoms with E-state index in [1.165, 1.54) is 0 Å². The number of fused-ring (bicyclic) bond motifs is 3. The molecule has 0 radical (unpaired) electrons. The van der Waals surface area contributed by atoms with Crippen LogP contribution >= 0.6 is 0 Å². The van der Waals surface area contributed by atoms with Crippen molar-refractivity contribution in [1.82, 2.24) is 29.7 Å². The highest BCUT2D eigenvalue weighted by molar-refractivity contribution is 6.01. The van der Waals surface area contributed by atoms with Crippen LogP contribution in [0.1, 0.15) is 0 Å². The molecule has 0 unspecified atom stereocenters. The summed E-state index contributed by atoms with van der Waals surface area (Å²) in [7, 11) is 0. The molecule has 0 saturated carbocycles. The molecular weight excluding hydrogens is 384 g/mol. The molecule has 3 fully saturated rings. The average Bonchev–Trinajstić information content (AvgIpc) is 3.56. The van der Waals surface area contributed by atoms with Crippen molar-refractivity contribution in [2.24, 2.45) is 15.0 Å². The molecule has 0 bridgehead atoms. The van der Waals surface area contributed by atoms with Crippen LogP contribution in [0, 0.1) is 0 Å². The van der Waals surface area contributed by atoms with E-state index in [0.29, 0.717) is 17.8 Å². The Morgan fingerprint density at radius 1 is 0.400 bits per heavy atom. The molecule has 0 amide bonds. The Morgan fingerprint density at radius 2 is 0.733 bits per heavy atom. The van der Waals surface area contributed by atoms with Crippen molar-refractivity contribution >= 4 is 35.7 Å². The van der Waals surface area contributed by atoms with Gasteiger partial charge in [-0.3, -0.25) is 29.7 Å². The van der Waals surface area contributed by atoms with Crippen molar-refractivity contribution in [2.45, 2.75) is 0 Å². The Labute approximate surface area is 174 Å². The van der Waals surface area contributed by atoms with Crippen LogP contribution in [0.3, 0.4) is 0 Å². The number of hydrogen-bond acceptors (Lipinski definition) is 12. The van der Waals surface area contributed by atoms with Gasteiger partial charge in [-0.15, -0.1) is 0 Å². The summed E-state index contributed by atoms with van der Waals surface area (Å²) < 4.78 is 0. The molecule has 6 aliphatic heterocycles. The van der Waals surface area contributed by atoms with Crippen LogP contribution in [-0.2, 0) is 0 Å². The molecule has 0 N–H and O–H groups in total. The third-order valence-electron chi connectivity index (χ3n) is 6.55. The Balaban J connectivity index is 1.32. The fourth-order valence-corrected chi connectivity index (χ4v) is 5.05. The monoisotopic (exact) mass is 408 g/mol. The Bertz CT molecular complexity index is 849. The lowest BCUT2D eigenvalue weighted by atomic mass is 10.5. The van der Waals surface area contributed by atoms with Crippen LogP contribution < -0.4 is 14.7 Å². The highest BCUT2D eigenvalue weighted by atomic mass is 15.6. The molecule has 1 aromatic rings. The molecule has 6 aliphatic rings. The molecule has 12 heteroatoms. The van der Waals surface area contributed by atoms with Crippen molar-refractivity contribution in [3.05, 3.63) is 0 Å². The van der Waals surface area contributed by atoms with Crippen molar-refractivity contribution in [2.75, 3.05) is 93.2 Å². The maximum atomic E-state index is 4.91. The molecular formula is C18H24N12. The summed E-state index contributed by atoms with van der Waals surface area (Å²) in [4.78, 5) is 42.1. The minimum absolute atomic E-state index is 0.673. The molecule has 7 rings (SSSR count). The lowest BCUT2D eigenvalue weighted by Gasteiger charge is -2.23. The van der Waals surface area contributed by atoms with Crippen molar-refractivity contribution in [3.63, 3.8) is 0 Å². The Kier molecular flexibility index (Phi) is 3.41. The van der Waals surface area contributed by atoms with Gasteiger partial charge in [0, 0.05) is 58.9 Å². The van der Waals surface area contributed by atoms with Crippen molar-refractivity contribution in [1.29, 1.82) is 0 Å². The first kappa shape index (κ1) is 16.6. The van der Waals surface area contributed by atoms with E-state index in [1.54, 1.807) is 0 Å². The number of nitrogens with zero attached hydrogens (tertiary/aromatic N) is 12.